The van der Waals surface area contributed by atoms with E-state index in [-0.39, 0.29) is 0 Å². The van der Waals surface area contributed by atoms with Gasteiger partial charge in [-0.1, -0.05) is 43.4 Å². The molecule has 2 heterocycles. The van der Waals surface area contributed by atoms with Crippen molar-refractivity contribution in [3.63, 3.8) is 0 Å². The Kier molecular flexibility index (Phi) is 4.84. The predicted octanol–water partition coefficient (Wildman–Crippen LogP) is 4.35. The molecule has 118 valence electrons. The Morgan fingerprint density at radius 1 is 1.00 bits per heavy atom. The molecule has 0 spiro atoms. The summed E-state index contributed by atoms with van der Waals surface area (Å²) in [5.74, 6) is 1.01. The quantitative estimate of drug-likeness (QED) is 0.737. The van der Waals surface area contributed by atoms with Gasteiger partial charge in [0.05, 0.1) is 5.38 Å². The Labute approximate surface area is 135 Å². The van der Waals surface area contributed by atoms with Crippen LogP contribution in [0.15, 0.2) is 46.9 Å². The first-order valence-electron chi connectivity index (χ1n) is 8.53. The minimum Gasteiger partial charge on any atom is -0.466 e. The molecular formula is C19H27NOSi. The summed E-state index contributed by atoms with van der Waals surface area (Å²) in [4.78, 5) is 2.61. The lowest BCUT2D eigenvalue weighted by atomic mass is 10.2. The second-order valence-electron chi connectivity index (χ2n) is 7.07. The molecule has 1 aliphatic rings. The predicted molar refractivity (Wildman–Crippen MR) is 96.4 cm³/mol. The Hall–Kier alpha value is -1.32. The van der Waals surface area contributed by atoms with Crippen molar-refractivity contribution < 1.29 is 4.42 Å². The van der Waals surface area contributed by atoms with E-state index in [1.165, 1.54) is 55.9 Å². The van der Waals surface area contributed by atoms with Crippen LogP contribution in [0.25, 0.3) is 11.3 Å². The van der Waals surface area contributed by atoms with Crippen LogP contribution in [0.3, 0.4) is 0 Å². The van der Waals surface area contributed by atoms with Gasteiger partial charge >= 0.3 is 0 Å². The molecule has 0 radical (unpaired) electrons. The monoisotopic (exact) mass is 313 g/mol. The standard InChI is InChI=1S/C19H27NOSi/c1-22(2,16-8-15-20-13-6-7-14-20)19-12-11-18(21-19)17-9-4-3-5-10-17/h3-5,9-12H,6-8,13-16H2,1-2H3. The Bertz CT molecular complexity index is 584. The lowest BCUT2D eigenvalue weighted by Gasteiger charge is -2.21. The molecular weight excluding hydrogens is 286 g/mol. The third-order valence-electron chi connectivity index (χ3n) is 4.81. The van der Waals surface area contributed by atoms with Crippen molar-refractivity contribution in [1.29, 1.82) is 0 Å². The van der Waals surface area contributed by atoms with Crippen LogP contribution in [0.1, 0.15) is 19.3 Å². The van der Waals surface area contributed by atoms with E-state index in [1.807, 2.05) is 6.07 Å². The van der Waals surface area contributed by atoms with Crippen LogP contribution < -0.4 is 5.38 Å². The van der Waals surface area contributed by atoms with Crippen molar-refractivity contribution in [2.45, 2.75) is 38.4 Å². The van der Waals surface area contributed by atoms with Crippen molar-refractivity contribution in [3.05, 3.63) is 42.5 Å². The van der Waals surface area contributed by atoms with Crippen LogP contribution in [0, 0.1) is 0 Å². The van der Waals surface area contributed by atoms with Gasteiger partial charge in [-0.15, -0.1) is 0 Å². The van der Waals surface area contributed by atoms with E-state index in [0.29, 0.717) is 0 Å². The number of hydrogen-bond acceptors (Lipinski definition) is 2. The fourth-order valence-electron chi connectivity index (χ4n) is 3.33. The van der Waals surface area contributed by atoms with Crippen LogP contribution in [0.4, 0.5) is 0 Å². The highest BCUT2D eigenvalue weighted by Crippen LogP contribution is 2.22. The van der Waals surface area contributed by atoms with Gasteiger partial charge in [0.2, 0.25) is 0 Å². The highest BCUT2D eigenvalue weighted by molar-refractivity contribution is 6.88. The van der Waals surface area contributed by atoms with Crippen molar-refractivity contribution in [2.24, 2.45) is 0 Å². The van der Waals surface area contributed by atoms with E-state index in [0.717, 1.165) is 5.76 Å². The summed E-state index contributed by atoms with van der Waals surface area (Å²) < 4.78 is 6.21. The molecule has 1 aromatic carbocycles. The summed E-state index contributed by atoms with van der Waals surface area (Å²) >= 11 is 0. The zero-order valence-electron chi connectivity index (χ0n) is 13.8. The third kappa shape index (κ3) is 3.71. The number of nitrogens with zero attached hydrogens (tertiary/aromatic N) is 1. The third-order valence-corrected chi connectivity index (χ3v) is 8.01. The van der Waals surface area contributed by atoms with Gasteiger partial charge in [0, 0.05) is 5.56 Å². The summed E-state index contributed by atoms with van der Waals surface area (Å²) in [5.41, 5.74) is 1.18. The summed E-state index contributed by atoms with van der Waals surface area (Å²) in [5, 5.41) is 1.24. The second kappa shape index (κ2) is 6.84. The van der Waals surface area contributed by atoms with Gasteiger partial charge in [-0.2, -0.15) is 0 Å². The average Bonchev–Trinajstić information content (AvgIpc) is 3.20. The molecule has 0 saturated carbocycles. The summed E-state index contributed by atoms with van der Waals surface area (Å²) in [7, 11) is -1.46. The van der Waals surface area contributed by atoms with Crippen molar-refractivity contribution in [2.75, 3.05) is 19.6 Å². The summed E-state index contributed by atoms with van der Waals surface area (Å²) in [6, 6.07) is 16.1. The number of rotatable bonds is 6. The lowest BCUT2D eigenvalue weighted by molar-refractivity contribution is 0.339. The van der Waals surface area contributed by atoms with Gasteiger partial charge in [0.25, 0.3) is 0 Å². The zero-order chi connectivity index (χ0) is 15.4. The highest BCUT2D eigenvalue weighted by Gasteiger charge is 2.27. The molecule has 3 rings (SSSR count). The molecule has 1 saturated heterocycles. The fourth-order valence-corrected chi connectivity index (χ4v) is 5.54. The highest BCUT2D eigenvalue weighted by atomic mass is 28.3. The van der Waals surface area contributed by atoms with Gasteiger partial charge in [-0.3, -0.25) is 0 Å². The van der Waals surface area contributed by atoms with Crippen LogP contribution in [0.2, 0.25) is 19.1 Å². The lowest BCUT2D eigenvalue weighted by Crippen LogP contribution is -2.40. The number of benzene rings is 1. The van der Waals surface area contributed by atoms with E-state index in [4.69, 9.17) is 4.42 Å². The maximum atomic E-state index is 6.21. The number of hydrogen-bond donors (Lipinski definition) is 0. The second-order valence-corrected chi connectivity index (χ2v) is 11.8. The smallest absolute Gasteiger partial charge is 0.133 e. The first-order valence-corrected chi connectivity index (χ1v) is 11.7. The largest absolute Gasteiger partial charge is 0.466 e. The van der Waals surface area contributed by atoms with Crippen LogP contribution >= 0.6 is 0 Å². The van der Waals surface area contributed by atoms with E-state index >= 15 is 0 Å². The van der Waals surface area contributed by atoms with E-state index < -0.39 is 8.07 Å². The molecule has 22 heavy (non-hydrogen) atoms. The SMILES string of the molecule is C[Si](C)(CCCN1CCCC1)c1ccc(-c2ccccc2)o1. The molecule has 1 fully saturated rings. The van der Waals surface area contributed by atoms with Crippen molar-refractivity contribution in [3.8, 4) is 11.3 Å². The minimum absolute atomic E-state index is 1.01. The number of furan rings is 1. The van der Waals surface area contributed by atoms with Gasteiger partial charge in [0.1, 0.15) is 13.8 Å². The molecule has 1 aromatic heterocycles. The van der Waals surface area contributed by atoms with Gasteiger partial charge < -0.3 is 9.32 Å². The molecule has 0 amide bonds. The van der Waals surface area contributed by atoms with Crippen molar-refractivity contribution in [1.82, 2.24) is 4.90 Å². The molecule has 2 nitrogen and oxygen atoms in total. The van der Waals surface area contributed by atoms with Crippen molar-refractivity contribution >= 4 is 13.5 Å². The first-order chi connectivity index (χ1) is 10.6. The van der Waals surface area contributed by atoms with Gasteiger partial charge in [-0.05, 0) is 57.1 Å². The fraction of sp³-hybridized carbons (Fsp3) is 0.474. The molecule has 0 aliphatic carbocycles. The van der Waals surface area contributed by atoms with Gasteiger partial charge in [0.15, 0.2) is 0 Å². The summed E-state index contributed by atoms with van der Waals surface area (Å²) in [6.07, 6.45) is 4.08. The Morgan fingerprint density at radius 2 is 1.73 bits per heavy atom. The average molecular weight is 314 g/mol. The van der Waals surface area contributed by atoms with E-state index in [9.17, 15) is 0 Å². The molecule has 0 bridgehead atoms. The van der Waals surface area contributed by atoms with Crippen LogP contribution in [-0.2, 0) is 0 Å². The zero-order valence-corrected chi connectivity index (χ0v) is 14.8. The van der Waals surface area contributed by atoms with Gasteiger partial charge in [-0.25, -0.2) is 0 Å². The normalized spacial score (nSPS) is 16.3. The topological polar surface area (TPSA) is 16.4 Å². The minimum atomic E-state index is -1.46. The maximum absolute atomic E-state index is 6.21. The molecule has 0 atom stereocenters. The summed E-state index contributed by atoms with van der Waals surface area (Å²) in [6.45, 7) is 8.75. The Balaban J connectivity index is 1.60. The molecule has 0 unspecified atom stereocenters. The Morgan fingerprint density at radius 3 is 2.45 bits per heavy atom. The van der Waals surface area contributed by atoms with E-state index in [1.54, 1.807) is 0 Å². The first kappa shape index (κ1) is 15.6. The molecule has 0 N–H and O–H groups in total. The maximum Gasteiger partial charge on any atom is 0.133 e. The molecule has 1 aliphatic heterocycles. The number of likely N-dealkylation sites (tertiary alicyclic amines) is 1. The molecule has 2 aromatic rings. The molecule has 3 heteroatoms. The van der Waals surface area contributed by atoms with Crippen LogP contribution in [-0.4, -0.2) is 32.6 Å². The van der Waals surface area contributed by atoms with E-state index in [2.05, 4.69) is 54.4 Å². The van der Waals surface area contributed by atoms with Crippen LogP contribution in [0.5, 0.6) is 0 Å².